The van der Waals surface area contributed by atoms with Crippen LogP contribution in [0.5, 0.6) is 0 Å². The van der Waals surface area contributed by atoms with Crippen molar-refractivity contribution in [2.24, 2.45) is 0 Å². The van der Waals surface area contributed by atoms with Crippen LogP contribution in [0.3, 0.4) is 0 Å². The van der Waals surface area contributed by atoms with Gasteiger partial charge in [0.1, 0.15) is 12.2 Å². The Labute approximate surface area is 150 Å². The second kappa shape index (κ2) is 8.34. The summed E-state index contributed by atoms with van der Waals surface area (Å²) >= 11 is 5.90. The Morgan fingerprint density at radius 1 is 1.20 bits per heavy atom. The van der Waals surface area contributed by atoms with Gasteiger partial charge in [-0.3, -0.25) is 9.59 Å². The number of hydrogen-bond donors (Lipinski definition) is 3. The molecule has 0 atom stereocenters. The average Bonchev–Trinajstić information content (AvgIpc) is 2.59. The van der Waals surface area contributed by atoms with E-state index in [4.69, 9.17) is 11.6 Å². The molecule has 0 aliphatic carbocycles. The molecule has 2 aromatic rings. The largest absolute Gasteiger partial charge is 0.350 e. The van der Waals surface area contributed by atoms with Crippen LogP contribution in [0.2, 0.25) is 5.02 Å². The minimum Gasteiger partial charge on any atom is -0.350 e. The molecule has 0 unspecified atom stereocenters. The van der Waals surface area contributed by atoms with Crippen LogP contribution in [0.15, 0.2) is 41.2 Å². The smallest absolute Gasteiger partial charge is 0.319 e. The topological polar surface area (TPSA) is 92.2 Å². The number of carbonyl (C=O) groups is 2. The van der Waals surface area contributed by atoms with E-state index in [1.54, 1.807) is 31.2 Å². The zero-order valence-corrected chi connectivity index (χ0v) is 14.7. The normalized spacial score (nSPS) is 10.2. The van der Waals surface area contributed by atoms with E-state index in [0.29, 0.717) is 17.3 Å². The third-order valence-corrected chi connectivity index (χ3v) is 3.78. The Kier molecular flexibility index (Phi) is 6.19. The van der Waals surface area contributed by atoms with Crippen molar-refractivity contribution in [1.82, 2.24) is 15.2 Å². The molecule has 8 heteroatoms. The number of hydrogen-bond acceptors (Lipinski definition) is 3. The Hall–Kier alpha value is -2.80. The monoisotopic (exact) mass is 362 g/mol. The molecule has 0 saturated heterocycles. The predicted octanol–water partition coefficient (Wildman–Crippen LogP) is 1.88. The van der Waals surface area contributed by atoms with Gasteiger partial charge in [-0.05, 0) is 36.8 Å². The summed E-state index contributed by atoms with van der Waals surface area (Å²) in [5.74, 6) is -0.317. The van der Waals surface area contributed by atoms with Crippen molar-refractivity contribution >= 4 is 29.2 Å². The molecular weight excluding hydrogens is 344 g/mol. The van der Waals surface area contributed by atoms with Gasteiger partial charge in [0.2, 0.25) is 5.91 Å². The molecule has 0 saturated carbocycles. The van der Waals surface area contributed by atoms with E-state index in [1.807, 2.05) is 6.07 Å². The standard InChI is InChI=1S/C17H19ClN4O3/c1-11-6-7-14(21-17(25)19-2)16(24)22(11)10-15(23)20-9-12-4-3-5-13(18)8-12/h3-8H,9-10H2,1-2H3,(H,20,23)(H2,19,21,25). The molecule has 0 aliphatic heterocycles. The molecule has 132 valence electrons. The number of halogens is 1. The lowest BCUT2D eigenvalue weighted by Crippen LogP contribution is -2.35. The highest BCUT2D eigenvalue weighted by atomic mass is 35.5. The summed E-state index contributed by atoms with van der Waals surface area (Å²) in [6.45, 7) is 1.88. The van der Waals surface area contributed by atoms with E-state index in [2.05, 4.69) is 16.0 Å². The number of urea groups is 1. The van der Waals surface area contributed by atoms with Gasteiger partial charge in [-0.2, -0.15) is 0 Å². The number of carbonyl (C=O) groups excluding carboxylic acids is 2. The van der Waals surface area contributed by atoms with Gasteiger partial charge in [0.25, 0.3) is 5.56 Å². The molecule has 2 rings (SSSR count). The maximum absolute atomic E-state index is 12.4. The van der Waals surface area contributed by atoms with Crippen molar-refractivity contribution in [3.05, 3.63) is 63.0 Å². The molecule has 0 aliphatic rings. The van der Waals surface area contributed by atoms with E-state index in [0.717, 1.165) is 5.56 Å². The van der Waals surface area contributed by atoms with Crippen LogP contribution >= 0.6 is 11.6 Å². The number of pyridine rings is 1. The van der Waals surface area contributed by atoms with Crippen molar-refractivity contribution in [2.45, 2.75) is 20.0 Å². The number of benzene rings is 1. The summed E-state index contributed by atoms with van der Waals surface area (Å²) in [5.41, 5.74) is 1.14. The minimum absolute atomic E-state index is 0.104. The van der Waals surface area contributed by atoms with E-state index in [9.17, 15) is 14.4 Å². The first-order valence-electron chi connectivity index (χ1n) is 7.61. The molecule has 0 bridgehead atoms. The van der Waals surface area contributed by atoms with Crippen LogP contribution in [-0.4, -0.2) is 23.6 Å². The third-order valence-electron chi connectivity index (χ3n) is 3.55. The maximum Gasteiger partial charge on any atom is 0.319 e. The van der Waals surface area contributed by atoms with Gasteiger partial charge in [0.15, 0.2) is 0 Å². The first-order valence-corrected chi connectivity index (χ1v) is 7.99. The summed E-state index contributed by atoms with van der Waals surface area (Å²) in [4.78, 5) is 36.0. The lowest BCUT2D eigenvalue weighted by atomic mass is 10.2. The lowest BCUT2D eigenvalue weighted by molar-refractivity contribution is -0.121. The Bertz CT molecular complexity index is 848. The van der Waals surface area contributed by atoms with Crippen molar-refractivity contribution in [1.29, 1.82) is 0 Å². The fourth-order valence-corrected chi connectivity index (χ4v) is 2.41. The SMILES string of the molecule is CNC(=O)Nc1ccc(C)n(CC(=O)NCc2cccc(Cl)c2)c1=O. The van der Waals surface area contributed by atoms with Crippen molar-refractivity contribution in [3.63, 3.8) is 0 Å². The molecule has 0 fully saturated rings. The number of rotatable bonds is 5. The van der Waals surface area contributed by atoms with Crippen molar-refractivity contribution in [2.75, 3.05) is 12.4 Å². The highest BCUT2D eigenvalue weighted by molar-refractivity contribution is 6.30. The van der Waals surface area contributed by atoms with Gasteiger partial charge in [-0.25, -0.2) is 4.79 Å². The van der Waals surface area contributed by atoms with Gasteiger partial charge in [0, 0.05) is 24.3 Å². The molecule has 3 N–H and O–H groups in total. The summed E-state index contributed by atoms with van der Waals surface area (Å²) < 4.78 is 1.30. The Morgan fingerprint density at radius 2 is 1.96 bits per heavy atom. The Balaban J connectivity index is 2.08. The quantitative estimate of drug-likeness (QED) is 0.758. The zero-order valence-electron chi connectivity index (χ0n) is 13.9. The van der Waals surface area contributed by atoms with Crippen molar-refractivity contribution < 1.29 is 9.59 Å². The highest BCUT2D eigenvalue weighted by Gasteiger charge is 2.11. The molecule has 1 aromatic carbocycles. The number of nitrogens with one attached hydrogen (secondary N) is 3. The average molecular weight is 363 g/mol. The van der Waals surface area contributed by atoms with E-state index >= 15 is 0 Å². The maximum atomic E-state index is 12.4. The first-order chi connectivity index (χ1) is 11.9. The zero-order chi connectivity index (χ0) is 18.4. The highest BCUT2D eigenvalue weighted by Crippen LogP contribution is 2.10. The van der Waals surface area contributed by atoms with Gasteiger partial charge >= 0.3 is 6.03 Å². The van der Waals surface area contributed by atoms with Gasteiger partial charge in [-0.1, -0.05) is 23.7 Å². The fourth-order valence-electron chi connectivity index (χ4n) is 2.19. The third kappa shape index (κ3) is 5.09. The van der Waals surface area contributed by atoms with Crippen LogP contribution < -0.4 is 21.5 Å². The number of aromatic nitrogens is 1. The second-order valence-electron chi connectivity index (χ2n) is 5.39. The first kappa shape index (κ1) is 18.5. The minimum atomic E-state index is -0.502. The molecule has 1 aromatic heterocycles. The van der Waals surface area contributed by atoms with Gasteiger partial charge in [0.05, 0.1) is 0 Å². The summed E-state index contributed by atoms with van der Waals surface area (Å²) in [5, 5.41) is 8.14. The van der Waals surface area contributed by atoms with E-state index in [-0.39, 0.29) is 18.1 Å². The summed E-state index contributed by atoms with van der Waals surface area (Å²) in [6, 6.07) is 9.82. The van der Waals surface area contributed by atoms with Crippen LogP contribution in [0.1, 0.15) is 11.3 Å². The number of aryl methyl sites for hydroxylation is 1. The predicted molar refractivity (Wildman–Crippen MR) is 96.8 cm³/mol. The van der Waals surface area contributed by atoms with E-state index < -0.39 is 11.6 Å². The van der Waals surface area contributed by atoms with Gasteiger partial charge in [-0.15, -0.1) is 0 Å². The summed E-state index contributed by atoms with van der Waals surface area (Å²) in [6.07, 6.45) is 0. The van der Waals surface area contributed by atoms with Crippen LogP contribution in [-0.2, 0) is 17.9 Å². The van der Waals surface area contributed by atoms with Crippen molar-refractivity contribution in [3.8, 4) is 0 Å². The number of nitrogens with zero attached hydrogens (tertiary/aromatic N) is 1. The number of anilines is 1. The van der Waals surface area contributed by atoms with Crippen LogP contribution in [0.4, 0.5) is 10.5 Å². The fraction of sp³-hybridized carbons (Fsp3) is 0.235. The molecule has 0 radical (unpaired) electrons. The summed E-state index contributed by atoms with van der Waals surface area (Å²) in [7, 11) is 1.45. The van der Waals surface area contributed by atoms with Crippen LogP contribution in [0, 0.1) is 6.92 Å². The van der Waals surface area contributed by atoms with Crippen LogP contribution in [0.25, 0.3) is 0 Å². The molecule has 1 heterocycles. The lowest BCUT2D eigenvalue weighted by Gasteiger charge is -2.13. The molecule has 0 spiro atoms. The molecule has 3 amide bonds. The molecular formula is C17H19ClN4O3. The number of amides is 3. The molecule has 7 nitrogen and oxygen atoms in total. The van der Waals surface area contributed by atoms with Gasteiger partial charge < -0.3 is 20.5 Å². The molecule has 25 heavy (non-hydrogen) atoms. The Morgan fingerprint density at radius 3 is 2.64 bits per heavy atom. The van der Waals surface area contributed by atoms with E-state index in [1.165, 1.54) is 17.7 Å². The second-order valence-corrected chi connectivity index (χ2v) is 5.83.